The van der Waals surface area contributed by atoms with Crippen LogP contribution in [-0.4, -0.2) is 0 Å². The fraction of sp³-hybridized carbons (Fsp3) is 0.0357. The first-order chi connectivity index (χ1) is 28.6. The van der Waals surface area contributed by atoms with E-state index in [1.165, 1.54) is 50.1 Å². The molecule has 1 heterocycles. The van der Waals surface area contributed by atoms with Gasteiger partial charge in [0.2, 0.25) is 0 Å². The lowest BCUT2D eigenvalue weighted by atomic mass is 9.74. The summed E-state index contributed by atoms with van der Waals surface area (Å²) in [4.78, 5) is 2.33. The van der Waals surface area contributed by atoms with Crippen LogP contribution >= 0.6 is 0 Å². The van der Waals surface area contributed by atoms with Crippen LogP contribution in [0.4, 0.5) is 17.1 Å². The summed E-state index contributed by atoms with van der Waals surface area (Å²) < 4.78 is 6.69. The molecule has 274 valence electrons. The van der Waals surface area contributed by atoms with Gasteiger partial charge < -0.3 is 9.32 Å². The number of anilines is 3. The SMILES string of the molecule is CC1(c2ccc3c(c2)oc2cc(-c4ccc(N(c5ccc(-c6ccccc6)cc5)c5ccc(-c6ccccc6)cc5)cc4)ccc23)c2ccccc2-c2ccccc21. The third-order valence-electron chi connectivity index (χ3n) is 12.2. The minimum absolute atomic E-state index is 0.269. The highest BCUT2D eigenvalue weighted by molar-refractivity contribution is 6.06. The maximum atomic E-state index is 6.69. The van der Waals surface area contributed by atoms with E-state index in [1.54, 1.807) is 0 Å². The Morgan fingerprint density at radius 1 is 0.345 bits per heavy atom. The molecule has 0 bridgehead atoms. The lowest BCUT2D eigenvalue weighted by molar-refractivity contribution is 0.662. The van der Waals surface area contributed by atoms with Crippen LogP contribution < -0.4 is 4.90 Å². The van der Waals surface area contributed by atoms with Gasteiger partial charge in [-0.2, -0.15) is 0 Å². The predicted molar refractivity (Wildman–Crippen MR) is 242 cm³/mol. The summed E-state index contributed by atoms with van der Waals surface area (Å²) >= 11 is 0. The number of benzene rings is 9. The van der Waals surface area contributed by atoms with E-state index in [0.717, 1.165) is 50.1 Å². The van der Waals surface area contributed by atoms with Crippen molar-refractivity contribution in [1.82, 2.24) is 0 Å². The lowest BCUT2D eigenvalue weighted by Gasteiger charge is -2.28. The third kappa shape index (κ3) is 5.56. The quantitative estimate of drug-likeness (QED) is 0.162. The van der Waals surface area contributed by atoms with Crippen molar-refractivity contribution in [1.29, 1.82) is 0 Å². The molecule has 0 fully saturated rings. The van der Waals surface area contributed by atoms with Crippen molar-refractivity contribution in [2.45, 2.75) is 12.3 Å². The molecule has 1 aromatic heterocycles. The van der Waals surface area contributed by atoms with E-state index in [1.807, 2.05) is 0 Å². The zero-order valence-corrected chi connectivity index (χ0v) is 32.1. The van der Waals surface area contributed by atoms with Gasteiger partial charge in [-0.05, 0) is 123 Å². The van der Waals surface area contributed by atoms with E-state index in [0.29, 0.717) is 0 Å². The molecule has 0 radical (unpaired) electrons. The molecule has 2 nitrogen and oxygen atoms in total. The summed E-state index contributed by atoms with van der Waals surface area (Å²) in [6.45, 7) is 2.35. The predicted octanol–water partition coefficient (Wildman–Crippen LogP) is 15.4. The van der Waals surface area contributed by atoms with Gasteiger partial charge in [0.05, 0.1) is 0 Å². The molecule has 2 heteroatoms. The Morgan fingerprint density at radius 3 is 1.22 bits per heavy atom. The molecule has 10 aromatic rings. The molecule has 0 unspecified atom stereocenters. The second-order valence-electron chi connectivity index (χ2n) is 15.4. The zero-order valence-electron chi connectivity index (χ0n) is 32.1. The molecule has 0 aliphatic heterocycles. The first-order valence-corrected chi connectivity index (χ1v) is 20.0. The van der Waals surface area contributed by atoms with E-state index >= 15 is 0 Å². The summed E-state index contributed by atoms with van der Waals surface area (Å²) in [6, 6.07) is 78.7. The Balaban J connectivity index is 0.936. The Hall–Kier alpha value is -7.42. The minimum atomic E-state index is -0.269. The summed E-state index contributed by atoms with van der Waals surface area (Å²) in [7, 11) is 0. The first-order valence-electron chi connectivity index (χ1n) is 20.0. The molecule has 0 spiro atoms. The van der Waals surface area contributed by atoms with Gasteiger partial charge in [0, 0.05) is 33.2 Å². The van der Waals surface area contributed by atoms with Gasteiger partial charge in [-0.15, -0.1) is 0 Å². The fourth-order valence-electron chi connectivity index (χ4n) is 9.15. The highest BCUT2D eigenvalue weighted by Gasteiger charge is 2.40. The molecule has 0 N–H and O–H groups in total. The third-order valence-corrected chi connectivity index (χ3v) is 12.2. The van der Waals surface area contributed by atoms with E-state index in [9.17, 15) is 0 Å². The molecule has 58 heavy (non-hydrogen) atoms. The van der Waals surface area contributed by atoms with Gasteiger partial charge in [0.1, 0.15) is 11.2 Å². The molecule has 11 rings (SSSR count). The van der Waals surface area contributed by atoms with Crippen molar-refractivity contribution in [3.63, 3.8) is 0 Å². The van der Waals surface area contributed by atoms with Gasteiger partial charge in [-0.1, -0.05) is 164 Å². The van der Waals surface area contributed by atoms with Crippen LogP contribution in [0.25, 0.3) is 66.4 Å². The Kier molecular flexibility index (Phi) is 7.97. The normalized spacial score (nSPS) is 12.7. The van der Waals surface area contributed by atoms with Crippen LogP contribution in [0.2, 0.25) is 0 Å². The topological polar surface area (TPSA) is 16.4 Å². The van der Waals surface area contributed by atoms with Crippen LogP contribution in [0, 0.1) is 0 Å². The Labute approximate surface area is 338 Å². The fourth-order valence-corrected chi connectivity index (χ4v) is 9.15. The van der Waals surface area contributed by atoms with E-state index < -0.39 is 0 Å². The summed E-state index contributed by atoms with van der Waals surface area (Å²) in [6.07, 6.45) is 0. The molecular weight excluding hydrogens is 703 g/mol. The number of hydrogen-bond donors (Lipinski definition) is 0. The van der Waals surface area contributed by atoms with Gasteiger partial charge in [0.15, 0.2) is 0 Å². The van der Waals surface area contributed by atoms with Crippen molar-refractivity contribution in [3.8, 4) is 44.5 Å². The summed E-state index contributed by atoms with van der Waals surface area (Å²) in [5.41, 5.74) is 18.4. The molecule has 0 saturated carbocycles. The highest BCUT2D eigenvalue weighted by atomic mass is 16.3. The molecular formula is C56H39NO. The molecule has 1 aliphatic rings. The van der Waals surface area contributed by atoms with Crippen LogP contribution in [0.3, 0.4) is 0 Å². The van der Waals surface area contributed by atoms with Crippen molar-refractivity contribution in [2.75, 3.05) is 4.90 Å². The van der Waals surface area contributed by atoms with E-state index in [4.69, 9.17) is 4.42 Å². The minimum Gasteiger partial charge on any atom is -0.456 e. The molecule has 0 saturated heterocycles. The number of rotatable bonds is 7. The maximum absolute atomic E-state index is 6.69. The van der Waals surface area contributed by atoms with Crippen LogP contribution in [0.15, 0.2) is 223 Å². The van der Waals surface area contributed by atoms with Gasteiger partial charge >= 0.3 is 0 Å². The average molecular weight is 742 g/mol. The van der Waals surface area contributed by atoms with Gasteiger partial charge in [0.25, 0.3) is 0 Å². The number of hydrogen-bond acceptors (Lipinski definition) is 2. The standard InChI is InChI=1S/C56H39NO/c1-56(52-18-10-8-16-48(52)49-17-9-11-19-53(49)56)44-27-35-51-50-34-26-43(36-54(50)58-55(51)37-44)42-24-32-47(33-25-42)57(45-28-20-40(21-29-45)38-12-4-2-5-13-38)46-30-22-41(23-31-46)39-14-6-3-7-15-39/h2-37H,1H3. The molecule has 1 aliphatic carbocycles. The van der Waals surface area contributed by atoms with E-state index in [2.05, 4.69) is 230 Å². The van der Waals surface area contributed by atoms with Crippen molar-refractivity contribution >= 4 is 39.0 Å². The monoisotopic (exact) mass is 741 g/mol. The second kappa shape index (κ2) is 13.7. The van der Waals surface area contributed by atoms with E-state index in [-0.39, 0.29) is 5.41 Å². The largest absolute Gasteiger partial charge is 0.456 e. The molecule has 0 amide bonds. The van der Waals surface area contributed by atoms with Crippen molar-refractivity contribution in [3.05, 3.63) is 235 Å². The maximum Gasteiger partial charge on any atom is 0.136 e. The van der Waals surface area contributed by atoms with Crippen LogP contribution in [-0.2, 0) is 5.41 Å². The van der Waals surface area contributed by atoms with Crippen molar-refractivity contribution < 1.29 is 4.42 Å². The van der Waals surface area contributed by atoms with Crippen LogP contribution in [0.5, 0.6) is 0 Å². The molecule has 0 atom stereocenters. The van der Waals surface area contributed by atoms with Gasteiger partial charge in [-0.3, -0.25) is 0 Å². The van der Waals surface area contributed by atoms with Crippen LogP contribution in [0.1, 0.15) is 23.6 Å². The van der Waals surface area contributed by atoms with Gasteiger partial charge in [-0.25, -0.2) is 0 Å². The number of fused-ring (bicyclic) bond motifs is 6. The number of furan rings is 1. The van der Waals surface area contributed by atoms with Crippen molar-refractivity contribution in [2.24, 2.45) is 0 Å². The first kappa shape index (κ1) is 33.9. The lowest BCUT2D eigenvalue weighted by Crippen LogP contribution is -2.22. The molecule has 9 aromatic carbocycles. The Bertz CT molecular complexity index is 2960. The zero-order chi connectivity index (χ0) is 38.6. The summed E-state index contributed by atoms with van der Waals surface area (Å²) in [5.74, 6) is 0. The highest BCUT2D eigenvalue weighted by Crippen LogP contribution is 2.52. The summed E-state index contributed by atoms with van der Waals surface area (Å²) in [5, 5.41) is 2.26. The Morgan fingerprint density at radius 2 is 0.724 bits per heavy atom. The second-order valence-corrected chi connectivity index (χ2v) is 15.4. The smallest absolute Gasteiger partial charge is 0.136 e. The number of nitrogens with zero attached hydrogens (tertiary/aromatic N) is 1. The average Bonchev–Trinajstić information content (AvgIpc) is 3.80.